The second-order valence-electron chi connectivity index (χ2n) is 4.28. The van der Waals surface area contributed by atoms with Crippen molar-refractivity contribution in [3.05, 3.63) is 23.8 Å². The van der Waals surface area contributed by atoms with E-state index in [-0.39, 0.29) is 5.92 Å². The lowest BCUT2D eigenvalue weighted by Crippen LogP contribution is -2.25. The van der Waals surface area contributed by atoms with E-state index >= 15 is 0 Å². The van der Waals surface area contributed by atoms with Crippen molar-refractivity contribution in [3.63, 3.8) is 0 Å². The normalized spacial score (nSPS) is 18.9. The van der Waals surface area contributed by atoms with Gasteiger partial charge in [-0.1, -0.05) is 6.92 Å². The molecular weight excluding hydrogens is 230 g/mol. The zero-order chi connectivity index (χ0) is 13.1. The number of hydrogen-bond donors (Lipinski definition) is 1. The van der Waals surface area contributed by atoms with Gasteiger partial charge in [0.15, 0.2) is 0 Å². The summed E-state index contributed by atoms with van der Waals surface area (Å²) >= 11 is 0. The first kappa shape index (κ1) is 12.4. The third-order valence-corrected chi connectivity index (χ3v) is 2.92. The van der Waals surface area contributed by atoms with Crippen LogP contribution in [0.25, 0.3) is 0 Å². The van der Waals surface area contributed by atoms with E-state index in [4.69, 9.17) is 15.2 Å². The number of amidine groups is 1. The smallest absolute Gasteiger partial charge is 0.123 e. The summed E-state index contributed by atoms with van der Waals surface area (Å²) < 4.78 is 10.5. The monoisotopic (exact) mass is 247 g/mol. The van der Waals surface area contributed by atoms with Crippen LogP contribution < -0.4 is 15.2 Å². The summed E-state index contributed by atoms with van der Waals surface area (Å²) in [6, 6.07) is 5.68. The van der Waals surface area contributed by atoms with Gasteiger partial charge in [0.2, 0.25) is 0 Å². The zero-order valence-corrected chi connectivity index (χ0v) is 10.8. The van der Waals surface area contributed by atoms with Gasteiger partial charge in [0, 0.05) is 24.0 Å². The zero-order valence-electron chi connectivity index (χ0n) is 10.8. The highest BCUT2D eigenvalue weighted by atomic mass is 16.5. The summed E-state index contributed by atoms with van der Waals surface area (Å²) in [5, 5.41) is 8.13. The summed E-state index contributed by atoms with van der Waals surface area (Å²) in [6.45, 7) is 2.08. The second-order valence-corrected chi connectivity index (χ2v) is 4.28. The Kier molecular flexibility index (Phi) is 3.50. The maximum absolute atomic E-state index is 5.67. The molecule has 1 atom stereocenters. The van der Waals surface area contributed by atoms with Gasteiger partial charge in [0.1, 0.15) is 17.3 Å². The van der Waals surface area contributed by atoms with Gasteiger partial charge < -0.3 is 15.2 Å². The molecule has 0 fully saturated rings. The number of methoxy groups -OCH3 is 2. The summed E-state index contributed by atoms with van der Waals surface area (Å²) in [7, 11) is 3.25. The molecule has 2 rings (SSSR count). The maximum Gasteiger partial charge on any atom is 0.123 e. The van der Waals surface area contributed by atoms with Gasteiger partial charge in [-0.05, 0) is 12.1 Å². The minimum Gasteiger partial charge on any atom is -0.497 e. The fourth-order valence-corrected chi connectivity index (χ4v) is 1.97. The van der Waals surface area contributed by atoms with E-state index in [0.717, 1.165) is 29.2 Å². The molecule has 5 nitrogen and oxygen atoms in total. The Balaban J connectivity index is 2.44. The lowest BCUT2D eigenvalue weighted by molar-refractivity contribution is 0.394. The molecule has 1 aromatic carbocycles. The Bertz CT molecular complexity index is 487. The number of hydrogen-bond acceptors (Lipinski definition) is 5. The molecule has 1 aromatic rings. The molecule has 0 spiro atoms. The quantitative estimate of drug-likeness (QED) is 0.885. The molecule has 2 N–H and O–H groups in total. The van der Waals surface area contributed by atoms with Gasteiger partial charge in [-0.3, -0.25) is 0 Å². The Morgan fingerprint density at radius 2 is 1.72 bits per heavy atom. The van der Waals surface area contributed by atoms with E-state index in [1.807, 2.05) is 18.2 Å². The minimum atomic E-state index is 0.235. The van der Waals surface area contributed by atoms with Crippen LogP contribution in [0.5, 0.6) is 11.5 Å². The highest BCUT2D eigenvalue weighted by Gasteiger charge is 2.19. The summed E-state index contributed by atoms with van der Waals surface area (Å²) in [4.78, 5) is 0. The number of nitrogens with zero attached hydrogens (tertiary/aromatic N) is 2. The molecule has 0 bridgehead atoms. The lowest BCUT2D eigenvalue weighted by Gasteiger charge is -2.18. The highest BCUT2D eigenvalue weighted by Crippen LogP contribution is 2.26. The fraction of sp³-hybridized carbons (Fsp3) is 0.385. The molecule has 0 aliphatic carbocycles. The first-order chi connectivity index (χ1) is 8.63. The van der Waals surface area contributed by atoms with Crippen LogP contribution in [0.2, 0.25) is 0 Å². The topological polar surface area (TPSA) is 69.2 Å². The van der Waals surface area contributed by atoms with Crippen LogP contribution in [0.3, 0.4) is 0 Å². The number of rotatable bonds is 3. The van der Waals surface area contributed by atoms with E-state index in [9.17, 15) is 0 Å². The van der Waals surface area contributed by atoms with Crippen molar-refractivity contribution in [2.24, 2.45) is 21.9 Å². The molecule has 0 aromatic heterocycles. The largest absolute Gasteiger partial charge is 0.497 e. The summed E-state index contributed by atoms with van der Waals surface area (Å²) in [5.74, 6) is 2.28. The van der Waals surface area contributed by atoms with Crippen molar-refractivity contribution in [1.29, 1.82) is 0 Å². The van der Waals surface area contributed by atoms with Crippen molar-refractivity contribution >= 4 is 11.5 Å². The molecule has 1 unspecified atom stereocenters. The molecule has 1 heterocycles. The summed E-state index contributed by atoms with van der Waals surface area (Å²) in [5.41, 5.74) is 7.53. The third-order valence-electron chi connectivity index (χ3n) is 2.92. The van der Waals surface area contributed by atoms with Gasteiger partial charge >= 0.3 is 0 Å². The molecule has 1 aliphatic heterocycles. The van der Waals surface area contributed by atoms with Gasteiger partial charge in [-0.15, -0.1) is 5.10 Å². The number of benzene rings is 1. The van der Waals surface area contributed by atoms with E-state index in [1.54, 1.807) is 14.2 Å². The highest BCUT2D eigenvalue weighted by molar-refractivity contribution is 6.06. The molecule has 96 valence electrons. The Labute approximate surface area is 106 Å². The number of ether oxygens (including phenoxy) is 2. The van der Waals surface area contributed by atoms with Crippen LogP contribution in [0.15, 0.2) is 28.4 Å². The third kappa shape index (κ3) is 2.45. The van der Waals surface area contributed by atoms with E-state index in [2.05, 4.69) is 17.1 Å². The van der Waals surface area contributed by atoms with E-state index in [0.29, 0.717) is 5.84 Å². The predicted octanol–water partition coefficient (Wildman–Crippen LogP) is 1.80. The maximum atomic E-state index is 5.67. The summed E-state index contributed by atoms with van der Waals surface area (Å²) in [6.07, 6.45) is 0.721. The molecule has 5 heteroatoms. The van der Waals surface area contributed by atoms with Crippen molar-refractivity contribution < 1.29 is 9.47 Å². The Morgan fingerprint density at radius 1 is 1.11 bits per heavy atom. The molecular formula is C13H17N3O2. The average Bonchev–Trinajstić information content (AvgIpc) is 2.38. The van der Waals surface area contributed by atoms with Crippen LogP contribution in [0.4, 0.5) is 0 Å². The van der Waals surface area contributed by atoms with E-state index < -0.39 is 0 Å². The average molecular weight is 247 g/mol. The Hall–Kier alpha value is -2.04. The first-order valence-electron chi connectivity index (χ1n) is 5.77. The number of nitrogens with two attached hydrogens (primary N) is 1. The molecule has 0 saturated carbocycles. The van der Waals surface area contributed by atoms with Crippen LogP contribution in [-0.2, 0) is 0 Å². The SMILES string of the molecule is COc1cc(OC)cc(C2=NN=C(N)CC2C)c1. The van der Waals surface area contributed by atoms with Crippen molar-refractivity contribution in [2.45, 2.75) is 13.3 Å². The molecule has 0 radical (unpaired) electrons. The van der Waals surface area contributed by atoms with E-state index in [1.165, 1.54) is 0 Å². The molecule has 0 amide bonds. The first-order valence-corrected chi connectivity index (χ1v) is 5.77. The van der Waals surface area contributed by atoms with Crippen LogP contribution in [0.1, 0.15) is 18.9 Å². The second kappa shape index (κ2) is 5.08. The fourth-order valence-electron chi connectivity index (χ4n) is 1.97. The molecule has 18 heavy (non-hydrogen) atoms. The van der Waals surface area contributed by atoms with Crippen molar-refractivity contribution in [1.82, 2.24) is 0 Å². The minimum absolute atomic E-state index is 0.235. The molecule has 1 aliphatic rings. The van der Waals surface area contributed by atoms with Gasteiger partial charge in [-0.25, -0.2) is 0 Å². The molecule has 0 saturated heterocycles. The van der Waals surface area contributed by atoms with Crippen molar-refractivity contribution in [2.75, 3.05) is 14.2 Å². The van der Waals surface area contributed by atoms with Gasteiger partial charge in [-0.2, -0.15) is 5.10 Å². The van der Waals surface area contributed by atoms with Crippen molar-refractivity contribution in [3.8, 4) is 11.5 Å². The van der Waals surface area contributed by atoms with Crippen LogP contribution in [-0.4, -0.2) is 25.8 Å². The van der Waals surface area contributed by atoms with Gasteiger partial charge in [0.05, 0.1) is 19.9 Å². The van der Waals surface area contributed by atoms with Crippen LogP contribution in [0, 0.1) is 5.92 Å². The van der Waals surface area contributed by atoms with Gasteiger partial charge in [0.25, 0.3) is 0 Å². The Morgan fingerprint density at radius 3 is 2.22 bits per heavy atom. The standard InChI is InChI=1S/C13H17N3O2/c1-8-4-12(14)15-16-13(8)9-5-10(17-2)7-11(6-9)18-3/h5-8H,4H2,1-3H3,(H2,14,15). The lowest BCUT2D eigenvalue weighted by atomic mass is 9.94. The predicted molar refractivity (Wildman–Crippen MR) is 71.5 cm³/mol. The van der Waals surface area contributed by atoms with Crippen LogP contribution >= 0.6 is 0 Å².